The SMILES string of the molecule is CC1=CCN[C@H](C(F)F)CC1. The Morgan fingerprint density at radius 2 is 2.36 bits per heavy atom. The summed E-state index contributed by atoms with van der Waals surface area (Å²) in [4.78, 5) is 0. The van der Waals surface area contributed by atoms with Gasteiger partial charge in [0.2, 0.25) is 0 Å². The van der Waals surface area contributed by atoms with Crippen LogP contribution in [0.4, 0.5) is 8.78 Å². The summed E-state index contributed by atoms with van der Waals surface area (Å²) in [5.41, 5.74) is 1.21. The second-order valence-electron chi connectivity index (χ2n) is 2.94. The molecule has 0 aliphatic carbocycles. The van der Waals surface area contributed by atoms with Crippen molar-refractivity contribution in [1.82, 2.24) is 5.32 Å². The van der Waals surface area contributed by atoms with E-state index in [0.29, 0.717) is 13.0 Å². The Morgan fingerprint density at radius 1 is 1.64 bits per heavy atom. The molecule has 1 rings (SSSR count). The van der Waals surface area contributed by atoms with Crippen molar-refractivity contribution in [1.29, 1.82) is 0 Å². The molecule has 0 radical (unpaired) electrons. The van der Waals surface area contributed by atoms with Gasteiger partial charge in [0.25, 0.3) is 6.43 Å². The van der Waals surface area contributed by atoms with Crippen LogP contribution in [0.15, 0.2) is 11.6 Å². The number of rotatable bonds is 1. The Labute approximate surface area is 65.5 Å². The van der Waals surface area contributed by atoms with Crippen molar-refractivity contribution in [2.75, 3.05) is 6.54 Å². The molecule has 0 aromatic carbocycles. The average molecular weight is 161 g/mol. The van der Waals surface area contributed by atoms with Crippen LogP contribution in [-0.2, 0) is 0 Å². The molecular weight excluding hydrogens is 148 g/mol. The number of halogens is 2. The fraction of sp³-hybridized carbons (Fsp3) is 0.750. The highest BCUT2D eigenvalue weighted by molar-refractivity contribution is 5.02. The highest BCUT2D eigenvalue weighted by Gasteiger charge is 2.20. The van der Waals surface area contributed by atoms with E-state index in [-0.39, 0.29) is 0 Å². The molecule has 0 amide bonds. The molecule has 1 aliphatic heterocycles. The van der Waals surface area contributed by atoms with E-state index in [2.05, 4.69) is 5.32 Å². The summed E-state index contributed by atoms with van der Waals surface area (Å²) >= 11 is 0. The van der Waals surface area contributed by atoms with Crippen LogP contribution in [0.3, 0.4) is 0 Å². The summed E-state index contributed by atoms with van der Waals surface area (Å²) in [6.45, 7) is 2.57. The molecule has 1 heterocycles. The second-order valence-corrected chi connectivity index (χ2v) is 2.94. The van der Waals surface area contributed by atoms with E-state index < -0.39 is 12.5 Å². The van der Waals surface area contributed by atoms with Crippen molar-refractivity contribution in [3.8, 4) is 0 Å². The third-order valence-corrected chi connectivity index (χ3v) is 1.98. The van der Waals surface area contributed by atoms with Gasteiger partial charge >= 0.3 is 0 Å². The molecule has 64 valence electrons. The first-order valence-corrected chi connectivity index (χ1v) is 3.87. The van der Waals surface area contributed by atoms with Gasteiger partial charge in [-0.05, 0) is 19.8 Å². The first kappa shape index (κ1) is 8.65. The smallest absolute Gasteiger partial charge is 0.253 e. The van der Waals surface area contributed by atoms with Crippen molar-refractivity contribution >= 4 is 0 Å². The number of allylic oxidation sites excluding steroid dienone is 1. The third kappa shape index (κ3) is 2.58. The molecule has 1 aliphatic rings. The highest BCUT2D eigenvalue weighted by Crippen LogP contribution is 2.14. The van der Waals surface area contributed by atoms with Gasteiger partial charge < -0.3 is 5.32 Å². The van der Waals surface area contributed by atoms with Crippen LogP contribution < -0.4 is 5.32 Å². The minimum absolute atomic E-state index is 0.556. The molecule has 3 heteroatoms. The monoisotopic (exact) mass is 161 g/mol. The molecular formula is C8H13F2N. The number of alkyl halides is 2. The van der Waals surface area contributed by atoms with E-state index in [4.69, 9.17) is 0 Å². The average Bonchev–Trinajstić information content (AvgIpc) is 2.13. The van der Waals surface area contributed by atoms with E-state index in [1.165, 1.54) is 5.57 Å². The fourth-order valence-electron chi connectivity index (χ4n) is 1.19. The first-order chi connectivity index (χ1) is 5.20. The third-order valence-electron chi connectivity index (χ3n) is 1.98. The van der Waals surface area contributed by atoms with E-state index in [9.17, 15) is 8.78 Å². The molecule has 1 N–H and O–H groups in total. The van der Waals surface area contributed by atoms with Crippen molar-refractivity contribution in [2.24, 2.45) is 0 Å². The maximum Gasteiger partial charge on any atom is 0.253 e. The minimum Gasteiger partial charge on any atom is -0.305 e. The van der Waals surface area contributed by atoms with Crippen LogP contribution in [0.25, 0.3) is 0 Å². The lowest BCUT2D eigenvalue weighted by atomic mass is 10.1. The molecule has 1 atom stereocenters. The van der Waals surface area contributed by atoms with Gasteiger partial charge in [-0.1, -0.05) is 11.6 Å². The fourth-order valence-corrected chi connectivity index (χ4v) is 1.19. The number of hydrogen-bond donors (Lipinski definition) is 1. The lowest BCUT2D eigenvalue weighted by molar-refractivity contribution is 0.0971. The Morgan fingerprint density at radius 3 is 3.00 bits per heavy atom. The van der Waals surface area contributed by atoms with Crippen molar-refractivity contribution in [2.45, 2.75) is 32.2 Å². The number of hydrogen-bond acceptors (Lipinski definition) is 1. The van der Waals surface area contributed by atoms with Gasteiger partial charge in [-0.25, -0.2) is 8.78 Å². The summed E-state index contributed by atoms with van der Waals surface area (Å²) in [5.74, 6) is 0. The van der Waals surface area contributed by atoms with E-state index in [1.54, 1.807) is 0 Å². The normalized spacial score (nSPS) is 26.5. The first-order valence-electron chi connectivity index (χ1n) is 3.87. The quantitative estimate of drug-likeness (QED) is 0.579. The zero-order valence-corrected chi connectivity index (χ0v) is 6.61. The second kappa shape index (κ2) is 3.81. The summed E-state index contributed by atoms with van der Waals surface area (Å²) in [6, 6.07) is -0.608. The zero-order chi connectivity index (χ0) is 8.27. The Kier molecular flexibility index (Phi) is 3.00. The molecule has 1 nitrogen and oxygen atoms in total. The molecule has 0 saturated heterocycles. The van der Waals surface area contributed by atoms with E-state index >= 15 is 0 Å². The van der Waals surface area contributed by atoms with E-state index in [1.807, 2.05) is 13.0 Å². The standard InChI is InChI=1S/C8H13F2N/c1-6-2-3-7(8(9)10)11-5-4-6/h4,7-8,11H,2-3,5H2,1H3/t7-/m0/s1. The molecule has 0 spiro atoms. The molecule has 11 heavy (non-hydrogen) atoms. The topological polar surface area (TPSA) is 12.0 Å². The van der Waals surface area contributed by atoms with Crippen molar-refractivity contribution < 1.29 is 8.78 Å². The Bertz CT molecular complexity index is 154. The maximum atomic E-state index is 12.1. The van der Waals surface area contributed by atoms with Gasteiger partial charge in [0.1, 0.15) is 0 Å². The Hall–Kier alpha value is -0.440. The summed E-state index contributed by atoms with van der Waals surface area (Å²) < 4.78 is 24.3. The van der Waals surface area contributed by atoms with Gasteiger partial charge in [-0.2, -0.15) is 0 Å². The van der Waals surface area contributed by atoms with Crippen LogP contribution in [0.5, 0.6) is 0 Å². The largest absolute Gasteiger partial charge is 0.305 e. The zero-order valence-electron chi connectivity index (χ0n) is 6.61. The van der Waals surface area contributed by atoms with Gasteiger partial charge in [-0.15, -0.1) is 0 Å². The minimum atomic E-state index is -2.23. The van der Waals surface area contributed by atoms with Crippen LogP contribution in [0.2, 0.25) is 0 Å². The van der Waals surface area contributed by atoms with Crippen LogP contribution in [0, 0.1) is 0 Å². The lowest BCUT2D eigenvalue weighted by Crippen LogP contribution is -2.34. The van der Waals surface area contributed by atoms with Crippen LogP contribution >= 0.6 is 0 Å². The van der Waals surface area contributed by atoms with Crippen LogP contribution in [0.1, 0.15) is 19.8 Å². The van der Waals surface area contributed by atoms with Gasteiger partial charge in [0.05, 0.1) is 6.04 Å². The summed E-state index contributed by atoms with van der Waals surface area (Å²) in [5, 5.41) is 2.79. The van der Waals surface area contributed by atoms with Crippen LogP contribution in [-0.4, -0.2) is 19.0 Å². The molecule has 0 saturated carbocycles. The molecule has 0 fully saturated rings. The molecule has 0 aromatic rings. The number of nitrogens with one attached hydrogen (secondary N) is 1. The van der Waals surface area contributed by atoms with Crippen molar-refractivity contribution in [3.05, 3.63) is 11.6 Å². The highest BCUT2D eigenvalue weighted by atomic mass is 19.3. The summed E-state index contributed by atoms with van der Waals surface area (Å²) in [7, 11) is 0. The van der Waals surface area contributed by atoms with Gasteiger partial charge in [0, 0.05) is 6.54 Å². The molecule has 0 aromatic heterocycles. The van der Waals surface area contributed by atoms with Gasteiger partial charge in [0.15, 0.2) is 0 Å². The maximum absolute atomic E-state index is 12.1. The van der Waals surface area contributed by atoms with Gasteiger partial charge in [-0.3, -0.25) is 0 Å². The predicted molar refractivity (Wildman–Crippen MR) is 40.8 cm³/mol. The lowest BCUT2D eigenvalue weighted by Gasteiger charge is -2.13. The molecule has 0 unspecified atom stereocenters. The molecule has 0 bridgehead atoms. The Balaban J connectivity index is 2.41. The van der Waals surface area contributed by atoms with E-state index in [0.717, 1.165) is 6.42 Å². The summed E-state index contributed by atoms with van der Waals surface area (Å²) in [6.07, 6.45) is 1.10. The van der Waals surface area contributed by atoms with Crippen molar-refractivity contribution in [3.63, 3.8) is 0 Å². The predicted octanol–water partition coefficient (Wildman–Crippen LogP) is 1.95.